The minimum Gasteiger partial charge on any atom is -0.469 e. The van der Waals surface area contributed by atoms with Crippen LogP contribution in [0.5, 0.6) is 0 Å². The van der Waals surface area contributed by atoms with Gasteiger partial charge in [0.25, 0.3) is 0 Å². The molecule has 1 aromatic carbocycles. The number of epoxide rings is 1. The van der Waals surface area contributed by atoms with Crippen LogP contribution in [0.4, 0.5) is 0 Å². The number of carbonyl (C=O) groups excluding carboxylic acids is 3. The number of Topliss-reactive ketones (excluding diaryl/α,β-unsaturated/α-hetero) is 1. The Balaban J connectivity index is 0.870. The molecule has 23 atom stereocenters. The lowest BCUT2D eigenvalue weighted by Gasteiger charge is -2.72. The van der Waals surface area contributed by atoms with Crippen molar-refractivity contribution < 1.29 is 53.1 Å². The molecule has 13 nitrogen and oxygen atoms in total. The molecule has 400 valence electrons. The first-order valence-corrected chi connectivity index (χ1v) is 29.5. The van der Waals surface area contributed by atoms with E-state index in [1.807, 2.05) is 6.07 Å². The molecule has 16 rings (SSSR count). The van der Waals surface area contributed by atoms with Crippen LogP contribution in [0, 0.1) is 86.8 Å². The summed E-state index contributed by atoms with van der Waals surface area (Å²) in [6.45, 7) is 5.84. The molecule has 4 spiro atoms. The highest BCUT2D eigenvalue weighted by Gasteiger charge is 2.98. The second-order valence-electron chi connectivity index (χ2n) is 27.7. The molecule has 5 saturated heterocycles. The number of aliphatic hydroxyl groups is 3. The van der Waals surface area contributed by atoms with E-state index in [9.17, 15) is 15.3 Å². The number of nitrogens with one attached hydrogen (secondary N) is 1. The van der Waals surface area contributed by atoms with E-state index in [-0.39, 0.29) is 66.4 Å². The summed E-state index contributed by atoms with van der Waals surface area (Å²) in [7, 11) is 0. The van der Waals surface area contributed by atoms with Gasteiger partial charge in [0.2, 0.25) is 0 Å². The van der Waals surface area contributed by atoms with Crippen LogP contribution in [-0.2, 0) is 46.2 Å². The van der Waals surface area contributed by atoms with E-state index in [1.165, 1.54) is 11.1 Å². The fourth-order valence-electron chi connectivity index (χ4n) is 23.3. The Hall–Kier alpha value is -3.85. The third kappa shape index (κ3) is 5.51. The van der Waals surface area contributed by atoms with Crippen molar-refractivity contribution in [1.29, 1.82) is 0 Å². The molecule has 5 bridgehead atoms. The number of fused-ring (bicyclic) bond motifs is 5. The highest BCUT2D eigenvalue weighted by Crippen LogP contribution is 2.89. The van der Waals surface area contributed by atoms with Crippen molar-refractivity contribution in [3.05, 3.63) is 83.5 Å². The number of ether oxygens (including phenoxy) is 4. The van der Waals surface area contributed by atoms with E-state index < -0.39 is 80.7 Å². The van der Waals surface area contributed by atoms with Gasteiger partial charge in [-0.05, 0) is 166 Å². The topological polar surface area (TPSA) is 181 Å². The third-order valence-corrected chi connectivity index (χ3v) is 25.3. The number of ketones is 1. The van der Waals surface area contributed by atoms with Crippen molar-refractivity contribution in [3.63, 3.8) is 0 Å². The quantitative estimate of drug-likeness (QED) is 0.113. The Kier molecular flexibility index (Phi) is 9.88. The largest absolute Gasteiger partial charge is 0.469 e. The first-order chi connectivity index (χ1) is 36.3. The number of rotatable bonds is 9. The molecule has 0 amide bonds. The standard InChI is InChI=1S/C62H76N2O11/c1-56-27-37-28-58-18-7-12-38(58)25-40-15-19-57(2)49-47(67)51(68)60(39-11-6-10-34(23-39)22-33-8-4-3-5-9-33,48(37)59(49)31-72-54(69)50(58)61(40,59)75-57)62(56)53(74-62)55(70)73-52(56)42-17-21-71-46(42)26-43(45(66)30-65)35-13-14-41-36(24-35)16-20-64-32-63-29-44(41)64/h3-5,8-9,15-17,20-21,34-39,41,43-45,48-53,63,65-66,68H,6-7,10-14,18-19,22-32H2,1-2H3. The lowest BCUT2D eigenvalue weighted by molar-refractivity contribution is -0.300. The average molecular weight is 1030 g/mol. The molecule has 7 aliphatic heterocycles. The summed E-state index contributed by atoms with van der Waals surface area (Å²) in [6.07, 6.45) is 17.4. The Morgan fingerprint density at radius 1 is 0.933 bits per heavy atom. The van der Waals surface area contributed by atoms with Crippen molar-refractivity contribution in [2.75, 3.05) is 26.4 Å². The number of aliphatic hydroxyl groups excluding tert-OH is 3. The van der Waals surface area contributed by atoms with Crippen LogP contribution >= 0.6 is 0 Å². The number of esters is 2. The highest BCUT2D eigenvalue weighted by molar-refractivity contribution is 5.94. The molecule has 75 heavy (non-hydrogen) atoms. The summed E-state index contributed by atoms with van der Waals surface area (Å²) in [6, 6.07) is 13.1. The zero-order valence-corrected chi connectivity index (χ0v) is 43.7. The van der Waals surface area contributed by atoms with Crippen molar-refractivity contribution in [3.8, 4) is 0 Å². The molecule has 13 heteroatoms. The van der Waals surface area contributed by atoms with E-state index in [1.54, 1.807) is 6.26 Å². The van der Waals surface area contributed by atoms with Gasteiger partial charge in [-0.3, -0.25) is 14.9 Å². The van der Waals surface area contributed by atoms with Gasteiger partial charge in [0.1, 0.15) is 35.8 Å². The lowest BCUT2D eigenvalue weighted by atomic mass is 9.30. The van der Waals surface area contributed by atoms with Crippen molar-refractivity contribution in [2.24, 2.45) is 86.8 Å². The van der Waals surface area contributed by atoms with E-state index in [0.29, 0.717) is 42.9 Å². The first-order valence-electron chi connectivity index (χ1n) is 29.5. The number of furan rings is 1. The molecule has 4 N–H and O–H groups in total. The smallest absolute Gasteiger partial charge is 0.339 e. The molecule has 1 aromatic heterocycles. The highest BCUT2D eigenvalue weighted by atomic mass is 16.7. The molecule has 2 aromatic rings. The minimum absolute atomic E-state index is 0.0440. The van der Waals surface area contributed by atoms with E-state index >= 15 is 14.4 Å². The van der Waals surface area contributed by atoms with Crippen LogP contribution in [0.25, 0.3) is 0 Å². The van der Waals surface area contributed by atoms with Crippen LogP contribution in [0.3, 0.4) is 0 Å². The predicted octanol–water partition coefficient (Wildman–Crippen LogP) is 7.17. The Bertz CT molecular complexity index is 2810. The molecule has 8 heterocycles. The summed E-state index contributed by atoms with van der Waals surface area (Å²) in [4.78, 5) is 49.6. The van der Waals surface area contributed by atoms with Gasteiger partial charge in [-0.25, -0.2) is 4.79 Å². The molecule has 7 saturated carbocycles. The van der Waals surface area contributed by atoms with E-state index in [4.69, 9.17) is 23.4 Å². The van der Waals surface area contributed by atoms with Crippen molar-refractivity contribution >= 4 is 17.7 Å². The summed E-state index contributed by atoms with van der Waals surface area (Å²) in [5.74, 6) is -1.11. The van der Waals surface area contributed by atoms with Gasteiger partial charge < -0.3 is 43.6 Å². The maximum atomic E-state index is 16.6. The Morgan fingerprint density at radius 3 is 2.64 bits per heavy atom. The summed E-state index contributed by atoms with van der Waals surface area (Å²) in [5.41, 5.74) is -3.90. The minimum atomic E-state index is -1.48. The summed E-state index contributed by atoms with van der Waals surface area (Å²) < 4.78 is 35.5. The fourth-order valence-corrected chi connectivity index (χ4v) is 23.3. The van der Waals surface area contributed by atoms with Crippen molar-refractivity contribution in [1.82, 2.24) is 10.2 Å². The number of hydrogen-bond acceptors (Lipinski definition) is 13. The van der Waals surface area contributed by atoms with Crippen LogP contribution in [0.1, 0.15) is 127 Å². The van der Waals surface area contributed by atoms with Crippen LogP contribution in [0.15, 0.2) is 71.0 Å². The van der Waals surface area contributed by atoms with Crippen LogP contribution in [0.2, 0.25) is 0 Å². The summed E-state index contributed by atoms with van der Waals surface area (Å²) >= 11 is 0. The van der Waals surface area contributed by atoms with Gasteiger partial charge in [0, 0.05) is 35.4 Å². The molecule has 23 unspecified atom stereocenters. The normalized spacial score (nSPS) is 51.7. The Morgan fingerprint density at radius 2 is 1.79 bits per heavy atom. The number of carbonyl (C=O) groups is 3. The zero-order chi connectivity index (χ0) is 50.8. The molecular weight excluding hydrogens is 949 g/mol. The number of nitrogens with zero attached hydrogens (tertiary/aromatic N) is 1. The maximum Gasteiger partial charge on any atom is 0.339 e. The van der Waals surface area contributed by atoms with Gasteiger partial charge in [0.05, 0.1) is 48.5 Å². The second kappa shape index (κ2) is 15.7. The van der Waals surface area contributed by atoms with Crippen LogP contribution < -0.4 is 5.32 Å². The molecule has 0 radical (unpaired) electrons. The van der Waals surface area contributed by atoms with Gasteiger partial charge in [-0.1, -0.05) is 68.7 Å². The average Bonchev–Trinajstić information content (AvgIpc) is 2.86. The van der Waals surface area contributed by atoms with Gasteiger partial charge in [-0.15, -0.1) is 0 Å². The van der Waals surface area contributed by atoms with Crippen LogP contribution in [-0.4, -0.2) is 106 Å². The first kappa shape index (κ1) is 47.2. The predicted molar refractivity (Wildman–Crippen MR) is 270 cm³/mol. The molecule has 7 aliphatic carbocycles. The van der Waals surface area contributed by atoms with Gasteiger partial charge >= 0.3 is 11.9 Å². The van der Waals surface area contributed by atoms with Gasteiger partial charge in [0.15, 0.2) is 11.9 Å². The lowest BCUT2D eigenvalue weighted by Crippen LogP contribution is -2.82. The van der Waals surface area contributed by atoms with E-state index in [2.05, 4.69) is 72.7 Å². The number of hydrogen-bond donors (Lipinski definition) is 4. The molecular formula is C62H76N2O11. The SMILES string of the molecule is CC12CC=C3CC4CCCC45CC4CC6(C)C(c7ccoc7CC(C(O)CO)C7CCC8C(C=CN9CNCC89)C7)OC(=O)C7OC76C6(C7CCCC(Cc8ccccc8)C7)C(O)C(=O)C1C1(COC(=O)C5C31O2)C46. The molecule has 12 fully saturated rings. The Labute approximate surface area is 439 Å². The monoisotopic (exact) mass is 1020 g/mol. The maximum absolute atomic E-state index is 16.6. The summed E-state index contributed by atoms with van der Waals surface area (Å²) in [5, 5.41) is 40.3. The van der Waals surface area contributed by atoms with Gasteiger partial charge in [-0.2, -0.15) is 0 Å². The van der Waals surface area contributed by atoms with E-state index in [0.717, 1.165) is 102 Å². The van der Waals surface area contributed by atoms with Crippen molar-refractivity contribution in [2.45, 2.75) is 164 Å². The number of allylic oxidation sites excluding steroid dienone is 1. The zero-order valence-electron chi connectivity index (χ0n) is 43.7. The molecule has 14 aliphatic rings. The fraction of sp³-hybridized carbons (Fsp3) is 0.726. The number of benzene rings is 1. The second-order valence-corrected chi connectivity index (χ2v) is 27.7. The third-order valence-electron chi connectivity index (χ3n) is 25.3. The number of cyclic esters (lactones) is 2.